The molecule has 3 nitrogen and oxygen atoms in total. The molecule has 0 saturated carbocycles. The van der Waals surface area contributed by atoms with Gasteiger partial charge in [0, 0.05) is 18.1 Å². The fourth-order valence-corrected chi connectivity index (χ4v) is 1.96. The number of aryl methyl sites for hydroxylation is 1. The number of aromatic nitrogens is 2. The average molecular weight is 255 g/mol. The normalized spacial score (nSPS) is 11.6. The number of nitrogen functional groups attached to an aromatic ring is 1. The molecular weight excluding hydrogens is 234 g/mol. The smallest absolute Gasteiger partial charge is 0.131 e. The first-order valence-electron chi connectivity index (χ1n) is 6.64. The highest BCUT2D eigenvalue weighted by Gasteiger charge is 2.13. The van der Waals surface area contributed by atoms with Crippen LogP contribution in [0.25, 0.3) is 11.3 Å². The molecule has 0 radical (unpaired) electrons. The molecule has 100 valence electrons. The molecule has 1 heterocycles. The van der Waals surface area contributed by atoms with Crippen LogP contribution >= 0.6 is 0 Å². The molecule has 1 aromatic carbocycles. The van der Waals surface area contributed by atoms with Gasteiger partial charge in [-0.3, -0.25) is 0 Å². The van der Waals surface area contributed by atoms with Crippen LogP contribution in [0.5, 0.6) is 0 Å². The summed E-state index contributed by atoms with van der Waals surface area (Å²) in [5.74, 6) is 1.32. The molecule has 0 aliphatic heterocycles. The molecule has 19 heavy (non-hydrogen) atoms. The zero-order valence-corrected chi connectivity index (χ0v) is 12.1. The van der Waals surface area contributed by atoms with Crippen molar-refractivity contribution in [3.63, 3.8) is 0 Å². The van der Waals surface area contributed by atoms with Crippen molar-refractivity contribution in [2.24, 2.45) is 0 Å². The molecule has 3 heteroatoms. The minimum absolute atomic E-state index is 0.164. The van der Waals surface area contributed by atoms with Crippen molar-refractivity contribution in [3.05, 3.63) is 41.7 Å². The van der Waals surface area contributed by atoms with E-state index in [0.29, 0.717) is 5.82 Å². The lowest BCUT2D eigenvalue weighted by Crippen LogP contribution is -2.10. The molecule has 0 spiro atoms. The van der Waals surface area contributed by atoms with Gasteiger partial charge in [0.15, 0.2) is 0 Å². The van der Waals surface area contributed by atoms with Gasteiger partial charge in [-0.15, -0.1) is 0 Å². The van der Waals surface area contributed by atoms with Crippen molar-refractivity contribution in [1.82, 2.24) is 9.97 Å². The van der Waals surface area contributed by atoms with E-state index in [0.717, 1.165) is 23.5 Å². The molecule has 0 saturated heterocycles. The third-order valence-electron chi connectivity index (χ3n) is 3.16. The lowest BCUT2D eigenvalue weighted by atomic mass is 9.86. The van der Waals surface area contributed by atoms with E-state index in [1.807, 2.05) is 13.0 Å². The molecule has 2 N–H and O–H groups in total. The number of rotatable bonds is 2. The maximum atomic E-state index is 5.82. The highest BCUT2D eigenvalue weighted by Crippen LogP contribution is 2.25. The molecule has 0 amide bonds. The van der Waals surface area contributed by atoms with Gasteiger partial charge in [-0.05, 0) is 11.0 Å². The van der Waals surface area contributed by atoms with Gasteiger partial charge in [0.2, 0.25) is 0 Å². The lowest BCUT2D eigenvalue weighted by molar-refractivity contribution is 0.590. The van der Waals surface area contributed by atoms with Gasteiger partial charge in [-0.2, -0.15) is 0 Å². The molecule has 0 aliphatic carbocycles. The molecule has 1 aromatic heterocycles. The second kappa shape index (κ2) is 5.00. The van der Waals surface area contributed by atoms with Crippen molar-refractivity contribution in [1.29, 1.82) is 0 Å². The molecule has 2 aromatic rings. The number of anilines is 1. The summed E-state index contributed by atoms with van der Waals surface area (Å²) in [5, 5.41) is 0. The Morgan fingerprint density at radius 2 is 1.68 bits per heavy atom. The molecule has 0 bridgehead atoms. The van der Waals surface area contributed by atoms with Gasteiger partial charge < -0.3 is 5.73 Å². The summed E-state index contributed by atoms with van der Waals surface area (Å²) in [7, 11) is 0. The van der Waals surface area contributed by atoms with Crippen molar-refractivity contribution in [2.45, 2.75) is 39.5 Å². The Morgan fingerprint density at radius 3 is 2.21 bits per heavy atom. The third kappa shape index (κ3) is 3.11. The summed E-state index contributed by atoms with van der Waals surface area (Å²) in [6, 6.07) is 10.3. The number of nitrogens with zero attached hydrogens (tertiary/aromatic N) is 2. The monoisotopic (exact) mass is 255 g/mol. The van der Waals surface area contributed by atoms with Crippen LogP contribution in [0.1, 0.15) is 39.1 Å². The first-order chi connectivity index (χ1) is 8.90. The maximum Gasteiger partial charge on any atom is 0.131 e. The maximum absolute atomic E-state index is 5.82. The fourth-order valence-electron chi connectivity index (χ4n) is 1.96. The zero-order chi connectivity index (χ0) is 14.0. The Balaban J connectivity index is 2.40. The van der Waals surface area contributed by atoms with Crippen molar-refractivity contribution >= 4 is 5.82 Å². The molecule has 0 unspecified atom stereocenters. The Labute approximate surface area is 114 Å². The second-order valence-electron chi connectivity index (χ2n) is 5.78. The first kappa shape index (κ1) is 13.5. The van der Waals surface area contributed by atoms with Crippen LogP contribution < -0.4 is 5.73 Å². The van der Waals surface area contributed by atoms with E-state index in [1.54, 1.807) is 0 Å². The highest BCUT2D eigenvalue weighted by atomic mass is 14.9. The van der Waals surface area contributed by atoms with E-state index in [2.05, 4.69) is 55.0 Å². The van der Waals surface area contributed by atoms with Gasteiger partial charge in [0.05, 0.1) is 5.69 Å². The van der Waals surface area contributed by atoms with E-state index >= 15 is 0 Å². The predicted octanol–water partition coefficient (Wildman–Crippen LogP) is 3.59. The predicted molar refractivity (Wildman–Crippen MR) is 80.0 cm³/mol. The minimum atomic E-state index is 0.164. The summed E-state index contributed by atoms with van der Waals surface area (Å²) >= 11 is 0. The Bertz CT molecular complexity index is 566. The Morgan fingerprint density at radius 1 is 1.05 bits per heavy atom. The number of nitrogens with two attached hydrogens (primary N) is 1. The SMILES string of the molecule is CCc1nc(N)cc(-c2ccc(C(C)(C)C)cc2)n1. The Kier molecular flexibility index (Phi) is 3.56. The van der Waals surface area contributed by atoms with Crippen LogP contribution in [0.4, 0.5) is 5.82 Å². The van der Waals surface area contributed by atoms with Crippen LogP contribution in [0, 0.1) is 0 Å². The van der Waals surface area contributed by atoms with E-state index < -0.39 is 0 Å². The van der Waals surface area contributed by atoms with Crippen molar-refractivity contribution in [3.8, 4) is 11.3 Å². The first-order valence-corrected chi connectivity index (χ1v) is 6.64. The van der Waals surface area contributed by atoms with E-state index in [1.165, 1.54) is 5.56 Å². The largest absolute Gasteiger partial charge is 0.384 e. The molecule has 0 fully saturated rings. The van der Waals surface area contributed by atoms with E-state index in [4.69, 9.17) is 5.73 Å². The number of benzene rings is 1. The quantitative estimate of drug-likeness (QED) is 0.892. The van der Waals surface area contributed by atoms with Gasteiger partial charge in [-0.1, -0.05) is 52.0 Å². The molecule has 0 atom stereocenters. The molecule has 0 aliphatic rings. The van der Waals surface area contributed by atoms with Gasteiger partial charge in [0.25, 0.3) is 0 Å². The van der Waals surface area contributed by atoms with Crippen LogP contribution in [-0.2, 0) is 11.8 Å². The summed E-state index contributed by atoms with van der Waals surface area (Å²) in [6.45, 7) is 8.65. The van der Waals surface area contributed by atoms with Gasteiger partial charge >= 0.3 is 0 Å². The molecule has 2 rings (SSSR count). The molecular formula is C16H21N3. The van der Waals surface area contributed by atoms with Gasteiger partial charge in [0.1, 0.15) is 11.6 Å². The van der Waals surface area contributed by atoms with Crippen LogP contribution in [0.3, 0.4) is 0 Å². The number of hydrogen-bond donors (Lipinski definition) is 1. The third-order valence-corrected chi connectivity index (χ3v) is 3.16. The van der Waals surface area contributed by atoms with Crippen LogP contribution in [-0.4, -0.2) is 9.97 Å². The van der Waals surface area contributed by atoms with Gasteiger partial charge in [-0.25, -0.2) is 9.97 Å². The summed E-state index contributed by atoms with van der Waals surface area (Å²) in [5.41, 5.74) is 9.27. The topological polar surface area (TPSA) is 51.8 Å². The average Bonchev–Trinajstić information content (AvgIpc) is 2.37. The van der Waals surface area contributed by atoms with E-state index in [9.17, 15) is 0 Å². The van der Waals surface area contributed by atoms with Crippen molar-refractivity contribution in [2.75, 3.05) is 5.73 Å². The Hall–Kier alpha value is -1.90. The fraction of sp³-hybridized carbons (Fsp3) is 0.375. The summed E-state index contributed by atoms with van der Waals surface area (Å²) in [6.07, 6.45) is 0.790. The second-order valence-corrected chi connectivity index (χ2v) is 5.78. The van der Waals surface area contributed by atoms with E-state index in [-0.39, 0.29) is 5.41 Å². The number of hydrogen-bond acceptors (Lipinski definition) is 3. The standard InChI is InChI=1S/C16H21N3/c1-5-15-18-13(10-14(17)19-15)11-6-8-12(9-7-11)16(2,3)4/h6-10H,5H2,1-4H3,(H2,17,18,19). The van der Waals surface area contributed by atoms with Crippen molar-refractivity contribution < 1.29 is 0 Å². The van der Waals surface area contributed by atoms with Crippen LogP contribution in [0.15, 0.2) is 30.3 Å². The minimum Gasteiger partial charge on any atom is -0.384 e. The lowest BCUT2D eigenvalue weighted by Gasteiger charge is -2.19. The summed E-state index contributed by atoms with van der Waals surface area (Å²) in [4.78, 5) is 8.72. The summed E-state index contributed by atoms with van der Waals surface area (Å²) < 4.78 is 0. The highest BCUT2D eigenvalue weighted by molar-refractivity contribution is 5.62. The zero-order valence-electron chi connectivity index (χ0n) is 12.1. The van der Waals surface area contributed by atoms with Crippen LogP contribution in [0.2, 0.25) is 0 Å².